The molecule has 5 rings (SSSR count). The number of amides is 1. The van der Waals surface area contributed by atoms with Gasteiger partial charge in [0.15, 0.2) is 0 Å². The van der Waals surface area contributed by atoms with Gasteiger partial charge in [0.1, 0.15) is 5.82 Å². The monoisotopic (exact) mass is 507 g/mol. The van der Waals surface area contributed by atoms with Gasteiger partial charge in [-0.25, -0.2) is 9.18 Å². The highest BCUT2D eigenvalue weighted by Crippen LogP contribution is 2.29. The molecule has 0 radical (unpaired) electrons. The number of pyridine rings is 1. The molecule has 0 saturated carbocycles. The van der Waals surface area contributed by atoms with Crippen LogP contribution in [0, 0.1) is 24.6 Å². The molecule has 2 fully saturated rings. The van der Waals surface area contributed by atoms with Gasteiger partial charge in [-0.05, 0) is 87.5 Å². The van der Waals surface area contributed by atoms with Gasteiger partial charge in [-0.3, -0.25) is 23.8 Å². The lowest BCUT2D eigenvalue weighted by Crippen LogP contribution is -2.46. The number of nitrogens with zero attached hydrogens (tertiary/aromatic N) is 5. The number of hydrogen-bond acceptors (Lipinski definition) is 4. The fraction of sp³-hybridized carbons (Fsp3) is 0.552. The van der Waals surface area contributed by atoms with Crippen molar-refractivity contribution in [2.24, 2.45) is 11.8 Å². The SMILES string of the molecule is Cc1cc(CN2CCC(C(=O)N3CCC(n4c(=O)n(CC(C)C)c5cc(F)ccc54)CC3)CC2)ccn1. The summed E-state index contributed by atoms with van der Waals surface area (Å²) in [5.74, 6) is 0.282. The van der Waals surface area contributed by atoms with Crippen molar-refractivity contribution in [3.8, 4) is 0 Å². The van der Waals surface area contributed by atoms with Crippen molar-refractivity contribution in [3.05, 3.63) is 64.1 Å². The fourth-order valence-corrected chi connectivity index (χ4v) is 6.05. The lowest BCUT2D eigenvalue weighted by Gasteiger charge is -2.37. The molecule has 4 heterocycles. The third-order valence-corrected chi connectivity index (χ3v) is 7.92. The molecular weight excluding hydrogens is 469 g/mol. The number of rotatable bonds is 6. The molecule has 1 aromatic carbocycles. The number of aryl methyl sites for hydroxylation is 1. The zero-order valence-electron chi connectivity index (χ0n) is 22.2. The van der Waals surface area contributed by atoms with E-state index in [-0.39, 0.29) is 35.3 Å². The zero-order chi connectivity index (χ0) is 26.1. The van der Waals surface area contributed by atoms with Crippen LogP contribution < -0.4 is 5.69 Å². The highest BCUT2D eigenvalue weighted by Gasteiger charge is 2.32. The summed E-state index contributed by atoms with van der Waals surface area (Å²) in [5.41, 5.74) is 3.67. The zero-order valence-corrected chi connectivity index (χ0v) is 22.2. The Labute approximate surface area is 217 Å². The van der Waals surface area contributed by atoms with Crippen LogP contribution in [0.15, 0.2) is 41.3 Å². The van der Waals surface area contributed by atoms with Crippen LogP contribution >= 0.6 is 0 Å². The van der Waals surface area contributed by atoms with Crippen LogP contribution in [-0.2, 0) is 17.9 Å². The van der Waals surface area contributed by atoms with E-state index in [2.05, 4.69) is 35.9 Å². The van der Waals surface area contributed by atoms with E-state index in [0.29, 0.717) is 25.2 Å². The van der Waals surface area contributed by atoms with E-state index in [1.807, 2.05) is 22.6 Å². The summed E-state index contributed by atoms with van der Waals surface area (Å²) in [6.45, 7) is 10.8. The van der Waals surface area contributed by atoms with Crippen LogP contribution in [0.3, 0.4) is 0 Å². The van der Waals surface area contributed by atoms with Crippen LogP contribution in [0.4, 0.5) is 4.39 Å². The average molecular weight is 508 g/mol. The number of halogens is 1. The van der Waals surface area contributed by atoms with Crippen molar-refractivity contribution in [1.29, 1.82) is 0 Å². The largest absolute Gasteiger partial charge is 0.342 e. The molecular formula is C29H38FN5O2. The average Bonchev–Trinajstić information content (AvgIpc) is 3.14. The quantitative estimate of drug-likeness (QED) is 0.497. The summed E-state index contributed by atoms with van der Waals surface area (Å²) < 4.78 is 17.6. The normalized spacial score (nSPS) is 18.2. The van der Waals surface area contributed by atoms with Crippen LogP contribution in [0.5, 0.6) is 0 Å². The molecule has 8 heteroatoms. The molecule has 7 nitrogen and oxygen atoms in total. The topological polar surface area (TPSA) is 63.4 Å². The number of carbonyl (C=O) groups excluding carboxylic acids is 1. The summed E-state index contributed by atoms with van der Waals surface area (Å²) in [7, 11) is 0. The van der Waals surface area contributed by atoms with Crippen molar-refractivity contribution in [3.63, 3.8) is 0 Å². The van der Waals surface area contributed by atoms with E-state index in [1.54, 1.807) is 10.6 Å². The van der Waals surface area contributed by atoms with Crippen molar-refractivity contribution >= 4 is 16.9 Å². The van der Waals surface area contributed by atoms with Gasteiger partial charge >= 0.3 is 5.69 Å². The standard InChI is InChI=1S/C29H38FN5O2/c1-20(2)18-34-27-17-24(30)4-5-26(27)35(29(34)37)25-9-14-33(15-10-25)28(36)23-7-12-32(13-8-23)19-22-6-11-31-21(3)16-22/h4-6,11,16-17,20,23,25H,7-10,12-15,18-19H2,1-3H3. The van der Waals surface area contributed by atoms with Crippen LogP contribution in [0.25, 0.3) is 11.0 Å². The second-order valence-electron chi connectivity index (χ2n) is 11.2. The molecule has 0 aliphatic carbocycles. The molecule has 2 aliphatic heterocycles. The van der Waals surface area contributed by atoms with Crippen LogP contribution in [0.2, 0.25) is 0 Å². The van der Waals surface area contributed by atoms with Crippen LogP contribution in [-0.4, -0.2) is 56.0 Å². The van der Waals surface area contributed by atoms with E-state index in [1.165, 1.54) is 17.7 Å². The Balaban J connectivity index is 1.20. The van der Waals surface area contributed by atoms with E-state index >= 15 is 0 Å². The lowest BCUT2D eigenvalue weighted by atomic mass is 9.93. The highest BCUT2D eigenvalue weighted by atomic mass is 19.1. The molecule has 0 spiro atoms. The predicted octanol–water partition coefficient (Wildman–Crippen LogP) is 4.38. The number of aromatic nitrogens is 3. The Hall–Kier alpha value is -3.00. The lowest BCUT2D eigenvalue weighted by molar-refractivity contribution is -0.138. The van der Waals surface area contributed by atoms with Crippen molar-refractivity contribution in [2.45, 2.75) is 65.6 Å². The van der Waals surface area contributed by atoms with Crippen molar-refractivity contribution < 1.29 is 9.18 Å². The van der Waals surface area contributed by atoms with Crippen molar-refractivity contribution in [1.82, 2.24) is 23.9 Å². The summed E-state index contributed by atoms with van der Waals surface area (Å²) in [6.07, 6.45) is 5.11. The van der Waals surface area contributed by atoms with Gasteiger partial charge in [-0.2, -0.15) is 0 Å². The first kappa shape index (κ1) is 25.6. The Bertz CT molecular complexity index is 1310. The van der Waals surface area contributed by atoms with Gasteiger partial charge < -0.3 is 4.90 Å². The first-order valence-electron chi connectivity index (χ1n) is 13.6. The van der Waals surface area contributed by atoms with Gasteiger partial charge in [-0.1, -0.05) is 13.8 Å². The van der Waals surface area contributed by atoms with Crippen molar-refractivity contribution in [2.75, 3.05) is 26.2 Å². The molecule has 0 atom stereocenters. The number of piperidine rings is 2. The molecule has 198 valence electrons. The predicted molar refractivity (Wildman–Crippen MR) is 143 cm³/mol. The van der Waals surface area contributed by atoms with Gasteiger partial charge in [0.05, 0.1) is 11.0 Å². The first-order chi connectivity index (χ1) is 17.8. The second-order valence-corrected chi connectivity index (χ2v) is 11.2. The minimum absolute atomic E-state index is 0.0172. The maximum atomic E-state index is 14.0. The molecule has 2 saturated heterocycles. The Kier molecular flexibility index (Phi) is 7.47. The molecule has 0 unspecified atom stereocenters. The number of carbonyl (C=O) groups is 1. The number of likely N-dealkylation sites (tertiary alicyclic amines) is 2. The van der Waals surface area contributed by atoms with Gasteiger partial charge in [0.2, 0.25) is 5.91 Å². The third kappa shape index (κ3) is 5.49. The molecule has 2 aliphatic rings. The molecule has 0 bridgehead atoms. The fourth-order valence-electron chi connectivity index (χ4n) is 6.05. The summed E-state index contributed by atoms with van der Waals surface area (Å²) >= 11 is 0. The Morgan fingerprint density at radius 1 is 1.03 bits per heavy atom. The van der Waals surface area contributed by atoms with E-state index < -0.39 is 0 Å². The van der Waals surface area contributed by atoms with E-state index in [0.717, 1.165) is 56.5 Å². The first-order valence-corrected chi connectivity index (χ1v) is 13.6. The molecule has 3 aromatic rings. The van der Waals surface area contributed by atoms with E-state index in [9.17, 15) is 14.0 Å². The number of fused-ring (bicyclic) bond motifs is 1. The summed E-state index contributed by atoms with van der Waals surface area (Å²) in [5, 5.41) is 0. The second kappa shape index (κ2) is 10.8. The molecule has 1 amide bonds. The number of benzene rings is 1. The van der Waals surface area contributed by atoms with Gasteiger partial charge in [0.25, 0.3) is 0 Å². The molecule has 2 aromatic heterocycles. The summed E-state index contributed by atoms with van der Waals surface area (Å²) in [6, 6.07) is 8.83. The number of imidazole rings is 1. The van der Waals surface area contributed by atoms with Gasteiger partial charge in [-0.15, -0.1) is 0 Å². The number of hydrogen-bond donors (Lipinski definition) is 0. The maximum absolute atomic E-state index is 14.0. The molecule has 37 heavy (non-hydrogen) atoms. The smallest absolute Gasteiger partial charge is 0.329 e. The Morgan fingerprint density at radius 2 is 1.76 bits per heavy atom. The third-order valence-electron chi connectivity index (χ3n) is 7.92. The Morgan fingerprint density at radius 3 is 2.43 bits per heavy atom. The van der Waals surface area contributed by atoms with Crippen LogP contribution in [0.1, 0.15) is 56.8 Å². The summed E-state index contributed by atoms with van der Waals surface area (Å²) in [4.78, 5) is 35.4. The maximum Gasteiger partial charge on any atom is 0.329 e. The van der Waals surface area contributed by atoms with E-state index in [4.69, 9.17) is 0 Å². The minimum atomic E-state index is -0.329. The minimum Gasteiger partial charge on any atom is -0.342 e. The highest BCUT2D eigenvalue weighted by molar-refractivity contribution is 5.79. The van der Waals surface area contributed by atoms with Gasteiger partial charge in [0, 0.05) is 50.0 Å². The molecule has 0 N–H and O–H groups in total.